The fraction of sp³-hybridized carbons (Fsp3) is 0.533. The van der Waals surface area contributed by atoms with Gasteiger partial charge in [0.05, 0.1) is 23.9 Å². The molecule has 236 valence electrons. The van der Waals surface area contributed by atoms with Crippen LogP contribution < -0.4 is 10.6 Å². The van der Waals surface area contributed by atoms with Crippen LogP contribution in [0.4, 0.5) is 18.9 Å². The Labute approximate surface area is 249 Å². The Balaban J connectivity index is 1.71. The summed E-state index contributed by atoms with van der Waals surface area (Å²) in [7, 11) is -1.88. The van der Waals surface area contributed by atoms with E-state index in [0.717, 1.165) is 18.9 Å². The average molecular weight is 626 g/mol. The number of rotatable bonds is 12. The largest absolute Gasteiger partial charge is 0.467 e. The van der Waals surface area contributed by atoms with Crippen molar-refractivity contribution < 1.29 is 40.7 Å². The first-order chi connectivity index (χ1) is 20.0. The van der Waals surface area contributed by atoms with E-state index in [-0.39, 0.29) is 35.2 Å². The van der Waals surface area contributed by atoms with E-state index in [1.165, 1.54) is 39.3 Å². The van der Waals surface area contributed by atoms with Crippen LogP contribution >= 0.6 is 0 Å². The highest BCUT2D eigenvalue weighted by Gasteiger charge is 2.42. The number of esters is 1. The Morgan fingerprint density at radius 2 is 1.70 bits per heavy atom. The van der Waals surface area contributed by atoms with Gasteiger partial charge in [0, 0.05) is 35.2 Å². The minimum absolute atomic E-state index is 0.0477. The van der Waals surface area contributed by atoms with Crippen molar-refractivity contribution >= 4 is 33.3 Å². The van der Waals surface area contributed by atoms with Crippen LogP contribution in [0.5, 0.6) is 0 Å². The van der Waals surface area contributed by atoms with E-state index in [1.54, 1.807) is 12.1 Å². The van der Waals surface area contributed by atoms with E-state index < -0.39 is 50.5 Å². The molecule has 1 atom stereocenters. The van der Waals surface area contributed by atoms with Gasteiger partial charge in [0.15, 0.2) is 0 Å². The van der Waals surface area contributed by atoms with Crippen molar-refractivity contribution in [2.45, 2.75) is 77.4 Å². The van der Waals surface area contributed by atoms with Crippen LogP contribution in [0.1, 0.15) is 77.8 Å². The van der Waals surface area contributed by atoms with Crippen LogP contribution in [0.2, 0.25) is 0 Å². The quantitative estimate of drug-likeness (QED) is 0.252. The molecule has 3 rings (SSSR count). The van der Waals surface area contributed by atoms with Gasteiger partial charge in [-0.1, -0.05) is 31.4 Å². The molecule has 1 aliphatic carbocycles. The summed E-state index contributed by atoms with van der Waals surface area (Å²) in [6, 6.07) is 6.01. The summed E-state index contributed by atoms with van der Waals surface area (Å²) >= 11 is 0. The van der Waals surface area contributed by atoms with Crippen LogP contribution in [0.25, 0.3) is 0 Å². The molecule has 1 saturated carbocycles. The summed E-state index contributed by atoms with van der Waals surface area (Å²) in [5.41, 5.74) is -1.37. The number of aromatic nitrogens is 1. The number of alkyl halides is 3. The van der Waals surface area contributed by atoms with Crippen molar-refractivity contribution in [3.8, 4) is 0 Å². The molecule has 1 heterocycles. The second-order valence-corrected chi connectivity index (χ2v) is 13.5. The maximum atomic E-state index is 13.6. The van der Waals surface area contributed by atoms with Crippen molar-refractivity contribution in [2.75, 3.05) is 24.4 Å². The highest BCUT2D eigenvalue weighted by Crippen LogP contribution is 2.43. The van der Waals surface area contributed by atoms with Crippen LogP contribution in [0, 0.1) is 19.3 Å². The summed E-state index contributed by atoms with van der Waals surface area (Å²) < 4.78 is 68.7. The summed E-state index contributed by atoms with van der Waals surface area (Å²) in [5.74, 6) is -1.82. The second-order valence-electron chi connectivity index (χ2n) is 11.2. The molecule has 2 aromatic rings. The molecular formula is C30H38F3N3O6S. The van der Waals surface area contributed by atoms with E-state index in [0.29, 0.717) is 37.7 Å². The Morgan fingerprint density at radius 3 is 2.26 bits per heavy atom. The fourth-order valence-electron chi connectivity index (χ4n) is 5.61. The number of amides is 2. The van der Waals surface area contributed by atoms with Gasteiger partial charge in [-0.25, -0.2) is 13.2 Å². The molecule has 1 aromatic heterocycles. The number of unbranched alkanes of at least 4 members (excludes halogenated alkanes) is 1. The number of ether oxygens (including phenoxy) is 1. The fourth-order valence-corrected chi connectivity index (χ4v) is 6.34. The number of aryl methyl sites for hydroxylation is 2. The van der Waals surface area contributed by atoms with Crippen LogP contribution in [0.3, 0.4) is 0 Å². The average Bonchev–Trinajstić information content (AvgIpc) is 3.40. The molecule has 1 aliphatic rings. The number of benzene rings is 1. The summed E-state index contributed by atoms with van der Waals surface area (Å²) in [5, 5.41) is 5.32. The summed E-state index contributed by atoms with van der Waals surface area (Å²) in [6.07, 6.45) is 1.06. The molecule has 2 amide bonds. The highest BCUT2D eigenvalue weighted by molar-refractivity contribution is 7.90. The zero-order chi connectivity index (χ0) is 32.0. The van der Waals surface area contributed by atoms with Crippen LogP contribution in [-0.4, -0.2) is 56.3 Å². The maximum Gasteiger partial charge on any atom is 0.417 e. The van der Waals surface area contributed by atoms with Crippen LogP contribution in [-0.2, 0) is 36.8 Å². The minimum Gasteiger partial charge on any atom is -0.467 e. The summed E-state index contributed by atoms with van der Waals surface area (Å²) in [6.45, 7) is 2.76. The molecule has 0 unspecified atom stereocenters. The monoisotopic (exact) mass is 625 g/mol. The number of hydrogen-bond donors (Lipinski definition) is 2. The van der Waals surface area contributed by atoms with Crippen molar-refractivity contribution in [1.82, 2.24) is 10.3 Å². The normalized spacial score (nSPS) is 15.5. The number of nitrogens with one attached hydrogen (secondary N) is 2. The molecule has 0 aliphatic heterocycles. The van der Waals surface area contributed by atoms with E-state index in [4.69, 9.17) is 4.74 Å². The number of methoxy groups -OCH3 is 1. The Kier molecular flexibility index (Phi) is 11.0. The van der Waals surface area contributed by atoms with Gasteiger partial charge >= 0.3 is 12.1 Å². The Morgan fingerprint density at radius 1 is 1.07 bits per heavy atom. The summed E-state index contributed by atoms with van der Waals surface area (Å²) in [4.78, 5) is 42.9. The number of nitrogens with zero attached hydrogens (tertiary/aromatic N) is 1. The maximum absolute atomic E-state index is 13.6. The predicted octanol–water partition coefficient (Wildman–Crippen LogP) is 4.95. The lowest BCUT2D eigenvalue weighted by molar-refractivity contribution is -0.146. The minimum atomic E-state index is -4.74. The number of carbonyl (C=O) groups excluding carboxylic acids is 3. The SMILES string of the molecule is COC(=O)[C@H](Cc1ccc(NC(=O)c2c(C(F)(F)F)cc(C)nc2C)cc1)NC(=O)C1(CCCCS(C)(=O)=O)CCCC1. The Bertz CT molecular complexity index is 1440. The van der Waals surface area contributed by atoms with E-state index in [9.17, 15) is 36.0 Å². The smallest absolute Gasteiger partial charge is 0.417 e. The van der Waals surface area contributed by atoms with Gasteiger partial charge < -0.3 is 15.4 Å². The molecule has 0 radical (unpaired) electrons. The van der Waals surface area contributed by atoms with Crippen molar-refractivity contribution in [3.05, 3.63) is 58.4 Å². The zero-order valence-corrected chi connectivity index (χ0v) is 25.6. The number of sulfone groups is 1. The molecule has 0 spiro atoms. The molecule has 2 N–H and O–H groups in total. The first kappa shape index (κ1) is 34.0. The van der Waals surface area contributed by atoms with Crippen molar-refractivity contribution in [3.63, 3.8) is 0 Å². The number of halogens is 3. The lowest BCUT2D eigenvalue weighted by atomic mass is 9.80. The van der Waals surface area contributed by atoms with E-state index in [1.807, 2.05) is 0 Å². The van der Waals surface area contributed by atoms with Crippen LogP contribution in [0.15, 0.2) is 30.3 Å². The van der Waals surface area contributed by atoms with E-state index in [2.05, 4.69) is 15.6 Å². The molecule has 1 aromatic carbocycles. The third kappa shape index (κ3) is 9.25. The van der Waals surface area contributed by atoms with Gasteiger partial charge in [0.2, 0.25) is 5.91 Å². The molecular weight excluding hydrogens is 587 g/mol. The van der Waals surface area contributed by atoms with Gasteiger partial charge in [-0.2, -0.15) is 13.2 Å². The number of anilines is 1. The zero-order valence-electron chi connectivity index (χ0n) is 24.8. The topological polar surface area (TPSA) is 132 Å². The standard InChI is InChI=1S/C30H38F3N3O6S/c1-19-17-23(30(31,32)33)25(20(2)34-19)26(37)35-22-11-9-21(10-12-22)18-24(27(38)42-3)36-28(39)29(13-5-6-14-29)15-7-8-16-43(4,40)41/h9-12,17,24H,5-8,13-16,18H2,1-4H3,(H,35,37)(H,36,39)/t24-/m0/s1. The molecule has 0 bridgehead atoms. The third-order valence-electron chi connectivity index (χ3n) is 7.77. The van der Waals surface area contributed by atoms with Gasteiger partial charge in [-0.3, -0.25) is 14.6 Å². The van der Waals surface area contributed by atoms with Crippen molar-refractivity contribution in [2.24, 2.45) is 5.41 Å². The van der Waals surface area contributed by atoms with Crippen molar-refractivity contribution in [1.29, 1.82) is 0 Å². The van der Waals surface area contributed by atoms with Gasteiger partial charge in [-0.15, -0.1) is 0 Å². The highest BCUT2D eigenvalue weighted by atomic mass is 32.2. The van der Waals surface area contributed by atoms with Gasteiger partial charge in [0.1, 0.15) is 15.9 Å². The first-order valence-electron chi connectivity index (χ1n) is 14.1. The number of pyridine rings is 1. The Hall–Kier alpha value is -3.48. The number of carbonyl (C=O) groups is 3. The molecule has 0 saturated heterocycles. The van der Waals surface area contributed by atoms with Gasteiger partial charge in [-0.05, 0) is 63.3 Å². The van der Waals surface area contributed by atoms with E-state index >= 15 is 0 Å². The predicted molar refractivity (Wildman–Crippen MR) is 155 cm³/mol. The lowest BCUT2D eigenvalue weighted by Crippen LogP contribution is -2.49. The number of hydrogen-bond acceptors (Lipinski definition) is 7. The molecule has 1 fully saturated rings. The molecule has 9 nitrogen and oxygen atoms in total. The molecule has 13 heteroatoms. The lowest BCUT2D eigenvalue weighted by Gasteiger charge is -2.30. The van der Waals surface area contributed by atoms with Gasteiger partial charge in [0.25, 0.3) is 5.91 Å². The third-order valence-corrected chi connectivity index (χ3v) is 8.80. The molecule has 43 heavy (non-hydrogen) atoms. The first-order valence-corrected chi connectivity index (χ1v) is 16.1. The second kappa shape index (κ2) is 13.9.